The smallest absolute Gasteiger partial charge is 0.258 e. The molecule has 1 saturated heterocycles. The minimum absolute atomic E-state index is 0.00882. The molecule has 5 atom stereocenters. The van der Waals surface area contributed by atoms with Crippen LogP contribution in [0.4, 0.5) is 4.39 Å². The van der Waals surface area contributed by atoms with Crippen LogP contribution in [-0.2, 0) is 14.3 Å². The highest BCUT2D eigenvalue weighted by atomic mass is 35.5. The number of halogens is 2. The van der Waals surface area contributed by atoms with Gasteiger partial charge in [0.25, 0.3) is 5.91 Å². The molecule has 164 valence electrons. The number of hydrogen-bond donors (Lipinski definition) is 2. The molecule has 2 N–H and O–H groups in total. The van der Waals surface area contributed by atoms with E-state index in [0.717, 1.165) is 31.7 Å². The molecule has 2 bridgehead atoms. The molecule has 1 heterocycles. The molecule has 1 aromatic rings. The van der Waals surface area contributed by atoms with Gasteiger partial charge in [0.1, 0.15) is 11.6 Å². The van der Waals surface area contributed by atoms with Crippen molar-refractivity contribution < 1.29 is 23.5 Å². The Kier molecular flexibility index (Phi) is 6.21. The minimum Gasteiger partial charge on any atom is -0.484 e. The van der Waals surface area contributed by atoms with E-state index in [1.807, 2.05) is 13.8 Å². The minimum atomic E-state index is -0.586. The molecule has 4 unspecified atom stereocenters. The molecule has 1 aromatic carbocycles. The lowest BCUT2D eigenvalue weighted by molar-refractivity contribution is -0.129. The SMILES string of the molecule is CC1CC(C(=O)NC2C[C@H](NC(=O)COc3ccc(Cl)c(F)c3)C3CC2C3)C(C)O1. The van der Waals surface area contributed by atoms with Crippen molar-refractivity contribution >= 4 is 23.4 Å². The number of amides is 2. The highest BCUT2D eigenvalue weighted by molar-refractivity contribution is 6.30. The van der Waals surface area contributed by atoms with Gasteiger partial charge in [0.05, 0.1) is 23.1 Å². The van der Waals surface area contributed by atoms with E-state index >= 15 is 0 Å². The maximum absolute atomic E-state index is 13.5. The lowest BCUT2D eigenvalue weighted by Gasteiger charge is -2.51. The standard InChI is InChI=1S/C22H28ClFN2O4/c1-11-5-16(12(2)30-11)22(28)26-20-9-19(13-6-14(20)7-13)25-21(27)10-29-15-3-4-17(23)18(24)8-15/h3-4,8,11-14,16,19-20H,5-7,9-10H2,1-2H3,(H,25,27)(H,26,28)/t11?,12?,13?,14?,16?,19-,20?/m0/s1. The van der Waals surface area contributed by atoms with Crippen LogP contribution in [0.15, 0.2) is 18.2 Å². The molecule has 8 heteroatoms. The number of carbonyl (C=O) groups is 2. The summed E-state index contributed by atoms with van der Waals surface area (Å²) in [6.07, 6.45) is 3.52. The maximum Gasteiger partial charge on any atom is 0.258 e. The normalized spacial score (nSPS) is 34.7. The fraction of sp³-hybridized carbons (Fsp3) is 0.636. The molecule has 3 saturated carbocycles. The Labute approximate surface area is 180 Å². The molecule has 1 aliphatic heterocycles. The zero-order valence-corrected chi connectivity index (χ0v) is 18.0. The van der Waals surface area contributed by atoms with Gasteiger partial charge in [0.15, 0.2) is 6.61 Å². The van der Waals surface area contributed by atoms with Crippen LogP contribution >= 0.6 is 11.6 Å². The Morgan fingerprint density at radius 2 is 1.83 bits per heavy atom. The molecule has 6 nitrogen and oxygen atoms in total. The summed E-state index contributed by atoms with van der Waals surface area (Å²) in [5, 5.41) is 6.26. The van der Waals surface area contributed by atoms with Gasteiger partial charge < -0.3 is 20.1 Å². The van der Waals surface area contributed by atoms with Gasteiger partial charge in [-0.2, -0.15) is 0 Å². The van der Waals surface area contributed by atoms with Gasteiger partial charge in [-0.15, -0.1) is 0 Å². The predicted molar refractivity (Wildman–Crippen MR) is 110 cm³/mol. The molecule has 4 fully saturated rings. The first-order chi connectivity index (χ1) is 14.3. The van der Waals surface area contributed by atoms with E-state index in [1.54, 1.807) is 0 Å². The van der Waals surface area contributed by atoms with Crippen molar-refractivity contribution in [2.24, 2.45) is 17.8 Å². The lowest BCUT2D eigenvalue weighted by atomic mass is 9.60. The average Bonchev–Trinajstić information content (AvgIpc) is 3.00. The van der Waals surface area contributed by atoms with Crippen LogP contribution in [0, 0.1) is 23.6 Å². The molecule has 0 spiro atoms. The molecule has 4 aliphatic rings. The summed E-state index contributed by atoms with van der Waals surface area (Å²) in [6.45, 7) is 3.75. The number of fused-ring (bicyclic) bond motifs is 2. The molecule has 3 aliphatic carbocycles. The number of carbonyl (C=O) groups excluding carboxylic acids is 2. The summed E-state index contributed by atoms with van der Waals surface area (Å²) in [6, 6.07) is 4.16. The van der Waals surface area contributed by atoms with E-state index in [1.165, 1.54) is 12.1 Å². The first kappa shape index (κ1) is 21.4. The van der Waals surface area contributed by atoms with Crippen LogP contribution in [-0.4, -0.2) is 42.7 Å². The van der Waals surface area contributed by atoms with Crippen LogP contribution < -0.4 is 15.4 Å². The van der Waals surface area contributed by atoms with E-state index in [-0.39, 0.29) is 59.4 Å². The summed E-state index contributed by atoms with van der Waals surface area (Å²) in [7, 11) is 0. The van der Waals surface area contributed by atoms with Crippen molar-refractivity contribution in [3.05, 3.63) is 29.0 Å². The summed E-state index contributed by atoms with van der Waals surface area (Å²) >= 11 is 5.65. The first-order valence-corrected chi connectivity index (χ1v) is 11.0. The number of nitrogens with one attached hydrogen (secondary N) is 2. The van der Waals surface area contributed by atoms with Crippen molar-refractivity contribution in [3.63, 3.8) is 0 Å². The van der Waals surface area contributed by atoms with Gasteiger partial charge in [-0.3, -0.25) is 9.59 Å². The highest BCUT2D eigenvalue weighted by Gasteiger charge is 2.47. The van der Waals surface area contributed by atoms with Gasteiger partial charge in [0.2, 0.25) is 5.91 Å². The lowest BCUT2D eigenvalue weighted by Crippen LogP contribution is -2.60. The summed E-state index contributed by atoms with van der Waals surface area (Å²) in [4.78, 5) is 25.1. The second-order valence-corrected chi connectivity index (χ2v) is 9.28. The van der Waals surface area contributed by atoms with Gasteiger partial charge in [-0.1, -0.05) is 11.6 Å². The Morgan fingerprint density at radius 1 is 1.13 bits per heavy atom. The quantitative estimate of drug-likeness (QED) is 0.715. The van der Waals surface area contributed by atoms with E-state index < -0.39 is 5.82 Å². The third-order valence-corrected chi connectivity index (χ3v) is 7.03. The zero-order valence-electron chi connectivity index (χ0n) is 17.2. The Bertz CT molecular complexity index is 816. The third kappa shape index (κ3) is 4.57. The number of ether oxygens (including phenoxy) is 2. The number of hydrogen-bond acceptors (Lipinski definition) is 4. The van der Waals surface area contributed by atoms with Crippen LogP contribution in [0.2, 0.25) is 5.02 Å². The first-order valence-electron chi connectivity index (χ1n) is 10.6. The zero-order chi connectivity index (χ0) is 21.4. The summed E-state index contributed by atoms with van der Waals surface area (Å²) in [5.41, 5.74) is 0. The highest BCUT2D eigenvalue weighted by Crippen LogP contribution is 2.46. The largest absolute Gasteiger partial charge is 0.484 e. The van der Waals surface area contributed by atoms with Crippen molar-refractivity contribution in [2.75, 3.05) is 6.61 Å². The van der Waals surface area contributed by atoms with Gasteiger partial charge in [0, 0.05) is 18.2 Å². The fourth-order valence-corrected chi connectivity index (χ4v) is 5.14. The van der Waals surface area contributed by atoms with Gasteiger partial charge in [-0.25, -0.2) is 4.39 Å². The second kappa shape index (κ2) is 8.71. The van der Waals surface area contributed by atoms with Crippen LogP contribution in [0.1, 0.15) is 39.5 Å². The second-order valence-electron chi connectivity index (χ2n) is 8.87. The Morgan fingerprint density at radius 3 is 2.47 bits per heavy atom. The topological polar surface area (TPSA) is 76.7 Å². The summed E-state index contributed by atoms with van der Waals surface area (Å²) in [5.74, 6) is 0.282. The molecule has 0 aromatic heterocycles. The van der Waals surface area contributed by atoms with Crippen LogP contribution in [0.5, 0.6) is 5.75 Å². The van der Waals surface area contributed by atoms with Gasteiger partial charge >= 0.3 is 0 Å². The van der Waals surface area contributed by atoms with Crippen molar-refractivity contribution in [1.82, 2.24) is 10.6 Å². The third-order valence-electron chi connectivity index (χ3n) is 6.73. The number of rotatable bonds is 6. The molecule has 30 heavy (non-hydrogen) atoms. The van der Waals surface area contributed by atoms with E-state index in [0.29, 0.717) is 11.8 Å². The van der Waals surface area contributed by atoms with Gasteiger partial charge in [-0.05, 0) is 63.5 Å². The molecule has 5 rings (SSSR count). The average molecular weight is 439 g/mol. The van der Waals surface area contributed by atoms with Crippen molar-refractivity contribution in [1.29, 1.82) is 0 Å². The van der Waals surface area contributed by atoms with E-state index in [2.05, 4.69) is 10.6 Å². The molecular formula is C22H28ClFN2O4. The Balaban J connectivity index is 1.27. The maximum atomic E-state index is 13.5. The molecule has 2 amide bonds. The number of benzene rings is 1. The van der Waals surface area contributed by atoms with Crippen LogP contribution in [0.3, 0.4) is 0 Å². The summed E-state index contributed by atoms with van der Waals surface area (Å²) < 4.78 is 24.6. The van der Waals surface area contributed by atoms with Crippen molar-refractivity contribution in [2.45, 2.75) is 63.8 Å². The molecular weight excluding hydrogens is 411 g/mol. The Hall–Kier alpha value is -1.86. The monoisotopic (exact) mass is 438 g/mol. The van der Waals surface area contributed by atoms with Crippen molar-refractivity contribution in [3.8, 4) is 5.75 Å². The molecule has 0 radical (unpaired) electrons. The van der Waals surface area contributed by atoms with E-state index in [4.69, 9.17) is 21.1 Å². The fourth-order valence-electron chi connectivity index (χ4n) is 5.02. The van der Waals surface area contributed by atoms with Crippen LogP contribution in [0.25, 0.3) is 0 Å². The predicted octanol–water partition coefficient (Wildman–Crippen LogP) is 3.07. The van der Waals surface area contributed by atoms with E-state index in [9.17, 15) is 14.0 Å².